The van der Waals surface area contributed by atoms with Gasteiger partial charge in [-0.3, -0.25) is 0 Å². The number of allylic oxidation sites excluding steroid dienone is 8. The Morgan fingerprint density at radius 2 is 1.16 bits per heavy atom. The van der Waals surface area contributed by atoms with E-state index in [0.29, 0.717) is 6.42 Å². The topological polar surface area (TPSA) is 0 Å². The molecule has 2 spiro atoms. The standard InChI is InChI=1S/C55H42.C2H6/c1-5-18-37-38-20-8-12-26-46(38)54(45(37)19-6-2)49-29-15-16-30-50(49)55(47-27-13-9-21-39(47)40-22-10-14-28-48(40)55)52-36(24-17-31-51(52)54)35-32-33-44-42(34-35)41-23-7-11-25-43(41)53(44,3)4;1-2/h1,6-10,12-17,19-24,26-34H,11,18,25H2,2-4H3;1-2H3/b19-6-;. The van der Waals surface area contributed by atoms with Crippen LogP contribution in [-0.4, -0.2) is 0 Å². The van der Waals surface area contributed by atoms with Gasteiger partial charge in [0.15, 0.2) is 0 Å². The third-order valence-electron chi connectivity index (χ3n) is 13.7. The van der Waals surface area contributed by atoms with Crippen LogP contribution in [0.25, 0.3) is 33.4 Å². The highest BCUT2D eigenvalue weighted by Gasteiger charge is 2.59. The van der Waals surface area contributed by atoms with Crippen LogP contribution in [0.3, 0.4) is 0 Å². The molecule has 276 valence electrons. The zero-order chi connectivity index (χ0) is 39.1. The molecule has 0 amide bonds. The highest BCUT2D eigenvalue weighted by molar-refractivity contribution is 5.97. The Kier molecular flexibility index (Phi) is 8.01. The predicted octanol–water partition coefficient (Wildman–Crippen LogP) is 14.2. The number of fused-ring (bicyclic) bond motifs is 15. The van der Waals surface area contributed by atoms with Gasteiger partial charge in [-0.2, -0.15) is 0 Å². The van der Waals surface area contributed by atoms with Crippen LogP contribution in [-0.2, 0) is 16.2 Å². The maximum absolute atomic E-state index is 6.23. The second kappa shape index (κ2) is 12.9. The molecule has 0 heterocycles. The van der Waals surface area contributed by atoms with Crippen LogP contribution in [0.4, 0.5) is 0 Å². The largest absolute Gasteiger partial charge is 0.120 e. The van der Waals surface area contributed by atoms with Crippen LogP contribution in [0.15, 0.2) is 169 Å². The number of benzene rings is 6. The lowest BCUT2D eigenvalue weighted by atomic mass is 9.51. The summed E-state index contributed by atoms with van der Waals surface area (Å²) in [6.07, 6.45) is 18.4. The summed E-state index contributed by atoms with van der Waals surface area (Å²) in [5.41, 5.74) is 23.1. The molecular formula is C57H48. The Labute approximate surface area is 339 Å². The first-order valence-corrected chi connectivity index (χ1v) is 20.9. The number of rotatable bonds is 3. The Hall–Kier alpha value is -6.16. The fraction of sp³-hybridized carbons (Fsp3) is 0.193. The van der Waals surface area contributed by atoms with Gasteiger partial charge >= 0.3 is 0 Å². The monoisotopic (exact) mass is 732 g/mol. The first-order chi connectivity index (χ1) is 28.0. The highest BCUT2D eigenvalue weighted by Crippen LogP contribution is 2.68. The summed E-state index contributed by atoms with van der Waals surface area (Å²) in [5.74, 6) is 3.07. The zero-order valence-electron chi connectivity index (χ0n) is 33.7. The van der Waals surface area contributed by atoms with E-state index < -0.39 is 10.8 Å². The van der Waals surface area contributed by atoms with Gasteiger partial charge < -0.3 is 0 Å². The van der Waals surface area contributed by atoms with Crippen LogP contribution in [0, 0.1) is 12.3 Å². The minimum atomic E-state index is -0.574. The third kappa shape index (κ3) is 4.36. The maximum Gasteiger partial charge on any atom is 0.0725 e. The molecule has 6 aromatic rings. The SMILES string of the molecule is C#CCC1=C(/C=C\C)C2(c3ccccc31)c1ccccc1C1(c3ccccc3-c3ccccc31)c1c(-c3ccc4c(c3)C3=C(CCC=C3)C4(C)C)cccc12.CC. The molecule has 0 N–H and O–H groups in total. The van der Waals surface area contributed by atoms with Gasteiger partial charge in [0.1, 0.15) is 0 Å². The smallest absolute Gasteiger partial charge is 0.0725 e. The maximum atomic E-state index is 6.23. The summed E-state index contributed by atoms with van der Waals surface area (Å²) in [5, 5.41) is 0. The lowest BCUT2D eigenvalue weighted by Gasteiger charge is -2.50. The van der Waals surface area contributed by atoms with E-state index in [0.717, 1.165) is 12.8 Å². The first kappa shape index (κ1) is 35.3. The van der Waals surface area contributed by atoms with Crippen molar-refractivity contribution >= 4 is 11.1 Å². The lowest BCUT2D eigenvalue weighted by molar-refractivity contribution is 0.607. The van der Waals surface area contributed by atoms with Gasteiger partial charge in [0.25, 0.3) is 0 Å². The fourth-order valence-electron chi connectivity index (χ4n) is 11.8. The summed E-state index contributed by atoms with van der Waals surface area (Å²) >= 11 is 0. The van der Waals surface area contributed by atoms with E-state index in [1.54, 1.807) is 5.57 Å². The fourth-order valence-corrected chi connectivity index (χ4v) is 11.8. The van der Waals surface area contributed by atoms with Gasteiger partial charge in [-0.05, 0) is 120 Å². The minimum absolute atomic E-state index is 0.0186. The molecule has 0 radical (unpaired) electrons. The van der Waals surface area contributed by atoms with E-state index in [1.165, 1.54) is 94.6 Å². The van der Waals surface area contributed by atoms with Crippen molar-refractivity contribution in [1.29, 1.82) is 0 Å². The van der Waals surface area contributed by atoms with Crippen molar-refractivity contribution < 1.29 is 0 Å². The molecule has 0 saturated heterocycles. The van der Waals surface area contributed by atoms with E-state index >= 15 is 0 Å². The third-order valence-corrected chi connectivity index (χ3v) is 13.7. The van der Waals surface area contributed by atoms with E-state index in [9.17, 15) is 0 Å². The molecule has 6 aromatic carbocycles. The van der Waals surface area contributed by atoms with Crippen molar-refractivity contribution in [2.75, 3.05) is 0 Å². The molecule has 0 nitrogen and oxygen atoms in total. The molecule has 0 aromatic heterocycles. The van der Waals surface area contributed by atoms with Crippen molar-refractivity contribution in [2.24, 2.45) is 0 Å². The first-order valence-electron chi connectivity index (χ1n) is 20.9. The second-order valence-corrected chi connectivity index (χ2v) is 16.4. The minimum Gasteiger partial charge on any atom is -0.120 e. The predicted molar refractivity (Wildman–Crippen MR) is 240 cm³/mol. The average molecular weight is 733 g/mol. The van der Waals surface area contributed by atoms with Crippen molar-refractivity contribution in [3.8, 4) is 34.6 Å². The van der Waals surface area contributed by atoms with Crippen LogP contribution >= 0.6 is 0 Å². The molecule has 5 aliphatic rings. The molecule has 0 fully saturated rings. The second-order valence-electron chi connectivity index (χ2n) is 16.4. The number of terminal acetylenes is 1. The molecule has 57 heavy (non-hydrogen) atoms. The summed E-state index contributed by atoms with van der Waals surface area (Å²) in [6, 6.07) is 51.3. The van der Waals surface area contributed by atoms with Gasteiger partial charge in [0.2, 0.25) is 0 Å². The Balaban J connectivity index is 0.00000195. The van der Waals surface area contributed by atoms with Gasteiger partial charge in [-0.25, -0.2) is 0 Å². The van der Waals surface area contributed by atoms with Crippen molar-refractivity contribution in [1.82, 2.24) is 0 Å². The summed E-state index contributed by atoms with van der Waals surface area (Å²) in [7, 11) is 0. The molecule has 0 aliphatic heterocycles. The molecule has 1 unspecified atom stereocenters. The molecule has 11 rings (SSSR count). The van der Waals surface area contributed by atoms with Crippen LogP contribution in [0.5, 0.6) is 0 Å². The molecule has 0 heteroatoms. The lowest BCUT2D eigenvalue weighted by Crippen LogP contribution is -2.44. The van der Waals surface area contributed by atoms with E-state index in [4.69, 9.17) is 6.42 Å². The quantitative estimate of drug-likeness (QED) is 0.159. The number of hydrogen-bond donors (Lipinski definition) is 0. The average Bonchev–Trinajstić information content (AvgIpc) is 3.80. The number of hydrogen-bond acceptors (Lipinski definition) is 0. The van der Waals surface area contributed by atoms with Crippen molar-refractivity contribution in [3.05, 3.63) is 225 Å². The normalized spacial score (nSPS) is 19.3. The van der Waals surface area contributed by atoms with Crippen molar-refractivity contribution in [2.45, 2.75) is 70.1 Å². The molecule has 0 bridgehead atoms. The Bertz CT molecular complexity index is 2790. The van der Waals surface area contributed by atoms with Crippen molar-refractivity contribution in [3.63, 3.8) is 0 Å². The molecular weight excluding hydrogens is 685 g/mol. The summed E-state index contributed by atoms with van der Waals surface area (Å²) in [6.45, 7) is 11.0. The van der Waals surface area contributed by atoms with Crippen LogP contribution in [0.2, 0.25) is 0 Å². The van der Waals surface area contributed by atoms with Crippen LogP contribution in [0.1, 0.15) is 110 Å². The Morgan fingerprint density at radius 1 is 0.596 bits per heavy atom. The summed E-state index contributed by atoms with van der Waals surface area (Å²) < 4.78 is 0. The molecule has 0 saturated carbocycles. The van der Waals surface area contributed by atoms with Crippen LogP contribution < -0.4 is 0 Å². The highest BCUT2D eigenvalue weighted by atomic mass is 14.6. The molecule has 1 atom stereocenters. The van der Waals surface area contributed by atoms with Gasteiger partial charge in [-0.15, -0.1) is 12.3 Å². The van der Waals surface area contributed by atoms with E-state index in [2.05, 4.69) is 184 Å². The molecule has 5 aliphatic carbocycles. The summed E-state index contributed by atoms with van der Waals surface area (Å²) in [4.78, 5) is 0. The zero-order valence-corrected chi connectivity index (χ0v) is 33.7. The van der Waals surface area contributed by atoms with Gasteiger partial charge in [0.05, 0.1) is 10.8 Å². The van der Waals surface area contributed by atoms with Gasteiger partial charge in [-0.1, -0.05) is 185 Å². The van der Waals surface area contributed by atoms with E-state index in [1.807, 2.05) is 13.8 Å². The van der Waals surface area contributed by atoms with Gasteiger partial charge in [0, 0.05) is 11.8 Å². The van der Waals surface area contributed by atoms with E-state index in [-0.39, 0.29) is 5.41 Å². The Morgan fingerprint density at radius 3 is 1.81 bits per heavy atom.